The molecule has 0 fully saturated rings. The third kappa shape index (κ3) is 4.84. The van der Waals surface area contributed by atoms with E-state index < -0.39 is 5.97 Å². The normalized spacial score (nSPS) is 11.5. The van der Waals surface area contributed by atoms with Crippen LogP contribution in [0.3, 0.4) is 0 Å². The first kappa shape index (κ1) is 16.5. The Morgan fingerprint density at radius 2 is 1.86 bits per heavy atom. The lowest BCUT2D eigenvalue weighted by atomic mass is 10.1. The summed E-state index contributed by atoms with van der Waals surface area (Å²) >= 11 is 2.12. The van der Waals surface area contributed by atoms with Crippen molar-refractivity contribution in [1.29, 1.82) is 0 Å². The maximum atomic E-state index is 11.9. The van der Waals surface area contributed by atoms with E-state index in [1.807, 2.05) is 43.3 Å². The van der Waals surface area contributed by atoms with Gasteiger partial charge in [0.2, 0.25) is 0 Å². The lowest BCUT2D eigenvalue weighted by Crippen LogP contribution is -2.31. The molecular formula is C17H16INO3. The molecule has 1 atom stereocenters. The van der Waals surface area contributed by atoms with Crippen molar-refractivity contribution in [3.8, 4) is 0 Å². The zero-order chi connectivity index (χ0) is 15.9. The summed E-state index contributed by atoms with van der Waals surface area (Å²) in [4.78, 5) is 23.7. The topological polar surface area (TPSA) is 55.4 Å². The highest BCUT2D eigenvalue weighted by molar-refractivity contribution is 14.1. The van der Waals surface area contributed by atoms with E-state index in [1.165, 1.54) is 0 Å². The predicted octanol–water partition coefficient (Wildman–Crippen LogP) is 3.33. The lowest BCUT2D eigenvalue weighted by Gasteiger charge is -2.14. The number of nitrogens with one attached hydrogen (secondary N) is 1. The van der Waals surface area contributed by atoms with E-state index in [4.69, 9.17) is 4.74 Å². The van der Waals surface area contributed by atoms with Crippen molar-refractivity contribution in [2.75, 3.05) is 6.61 Å². The Labute approximate surface area is 143 Å². The first-order valence-corrected chi connectivity index (χ1v) is 7.91. The van der Waals surface area contributed by atoms with E-state index in [9.17, 15) is 9.59 Å². The summed E-state index contributed by atoms with van der Waals surface area (Å²) in [7, 11) is 0. The van der Waals surface area contributed by atoms with Crippen LogP contribution in [0.5, 0.6) is 0 Å². The van der Waals surface area contributed by atoms with Gasteiger partial charge >= 0.3 is 5.97 Å². The summed E-state index contributed by atoms with van der Waals surface area (Å²) in [6.45, 7) is 1.59. The molecule has 1 amide bonds. The van der Waals surface area contributed by atoms with Crippen LogP contribution in [0.1, 0.15) is 28.9 Å². The fourth-order valence-electron chi connectivity index (χ4n) is 1.94. The molecule has 2 rings (SSSR count). The van der Waals surface area contributed by atoms with E-state index in [-0.39, 0.29) is 18.6 Å². The average Bonchev–Trinajstić information content (AvgIpc) is 2.53. The third-order valence-corrected chi connectivity index (χ3v) is 3.74. The van der Waals surface area contributed by atoms with Gasteiger partial charge in [-0.05, 0) is 53.3 Å². The second-order valence-corrected chi connectivity index (χ2v) is 6.03. The second kappa shape index (κ2) is 7.93. The number of halogens is 1. The summed E-state index contributed by atoms with van der Waals surface area (Å²) in [6, 6.07) is 16.5. The van der Waals surface area contributed by atoms with Crippen molar-refractivity contribution >= 4 is 34.5 Å². The summed E-state index contributed by atoms with van der Waals surface area (Å²) < 4.78 is 5.97. The molecule has 22 heavy (non-hydrogen) atoms. The first-order chi connectivity index (χ1) is 10.6. The van der Waals surface area contributed by atoms with Crippen molar-refractivity contribution in [1.82, 2.24) is 5.32 Å². The van der Waals surface area contributed by atoms with E-state index in [0.717, 1.165) is 9.13 Å². The monoisotopic (exact) mass is 409 g/mol. The summed E-state index contributed by atoms with van der Waals surface area (Å²) in [5.74, 6) is -0.823. The number of amides is 1. The Hall–Kier alpha value is -1.89. The zero-order valence-corrected chi connectivity index (χ0v) is 14.2. The molecule has 114 valence electrons. The number of rotatable bonds is 5. The molecule has 0 heterocycles. The number of carbonyl (C=O) groups is 2. The molecule has 0 aromatic heterocycles. The lowest BCUT2D eigenvalue weighted by molar-refractivity contribution is -0.124. The van der Waals surface area contributed by atoms with Gasteiger partial charge in [-0.1, -0.05) is 36.4 Å². The van der Waals surface area contributed by atoms with Crippen LogP contribution < -0.4 is 5.32 Å². The molecule has 2 aromatic rings. The maximum Gasteiger partial charge on any atom is 0.338 e. The molecule has 0 aliphatic rings. The maximum absolute atomic E-state index is 11.9. The molecule has 0 bridgehead atoms. The van der Waals surface area contributed by atoms with Gasteiger partial charge in [0.05, 0.1) is 11.6 Å². The number of carbonyl (C=O) groups excluding carboxylic acids is 2. The van der Waals surface area contributed by atoms with Crippen LogP contribution in [-0.2, 0) is 9.53 Å². The minimum atomic E-state index is -0.499. The molecule has 0 spiro atoms. The van der Waals surface area contributed by atoms with Gasteiger partial charge in [0.25, 0.3) is 5.91 Å². The molecule has 5 heteroatoms. The van der Waals surface area contributed by atoms with Crippen LogP contribution in [0.15, 0.2) is 54.6 Å². The van der Waals surface area contributed by atoms with Crippen molar-refractivity contribution < 1.29 is 14.3 Å². The molecule has 0 aliphatic heterocycles. The fraction of sp³-hybridized carbons (Fsp3) is 0.176. The highest BCUT2D eigenvalue weighted by atomic mass is 127. The van der Waals surface area contributed by atoms with Gasteiger partial charge in [-0.3, -0.25) is 4.79 Å². The van der Waals surface area contributed by atoms with Gasteiger partial charge in [-0.2, -0.15) is 0 Å². The van der Waals surface area contributed by atoms with Crippen molar-refractivity contribution in [2.45, 2.75) is 13.0 Å². The molecular weight excluding hydrogens is 393 g/mol. The van der Waals surface area contributed by atoms with Gasteiger partial charge < -0.3 is 10.1 Å². The Bertz CT molecular complexity index is 658. The van der Waals surface area contributed by atoms with Gasteiger partial charge in [0.1, 0.15) is 0 Å². The fourth-order valence-corrected chi connectivity index (χ4v) is 2.48. The third-order valence-electron chi connectivity index (χ3n) is 3.07. The summed E-state index contributed by atoms with van der Waals surface area (Å²) in [5.41, 5.74) is 1.44. The first-order valence-electron chi connectivity index (χ1n) is 6.83. The van der Waals surface area contributed by atoms with Crippen molar-refractivity contribution in [3.05, 3.63) is 69.3 Å². The largest absolute Gasteiger partial charge is 0.452 e. The minimum absolute atomic E-state index is 0.134. The molecule has 1 N–H and O–H groups in total. The minimum Gasteiger partial charge on any atom is -0.452 e. The van der Waals surface area contributed by atoms with Gasteiger partial charge in [-0.25, -0.2) is 4.79 Å². The predicted molar refractivity (Wildman–Crippen MR) is 92.4 cm³/mol. The number of esters is 1. The van der Waals surface area contributed by atoms with Crippen LogP contribution in [0, 0.1) is 3.57 Å². The van der Waals surface area contributed by atoms with E-state index in [0.29, 0.717) is 5.56 Å². The highest BCUT2D eigenvalue weighted by Crippen LogP contribution is 2.11. The Kier molecular flexibility index (Phi) is 5.94. The van der Waals surface area contributed by atoms with Gasteiger partial charge in [0, 0.05) is 3.57 Å². The quantitative estimate of drug-likeness (QED) is 0.609. The summed E-state index contributed by atoms with van der Waals surface area (Å²) in [6.07, 6.45) is 0. The van der Waals surface area contributed by atoms with Crippen LogP contribution in [0.25, 0.3) is 0 Å². The van der Waals surface area contributed by atoms with Crippen LogP contribution in [0.4, 0.5) is 0 Å². The Balaban J connectivity index is 1.84. The van der Waals surface area contributed by atoms with E-state index in [2.05, 4.69) is 27.9 Å². The molecule has 0 saturated carbocycles. The Morgan fingerprint density at radius 1 is 1.14 bits per heavy atom. The zero-order valence-electron chi connectivity index (χ0n) is 12.1. The van der Waals surface area contributed by atoms with Crippen LogP contribution in [-0.4, -0.2) is 18.5 Å². The summed E-state index contributed by atoms with van der Waals surface area (Å²) in [5, 5.41) is 2.80. The molecule has 4 nitrogen and oxygen atoms in total. The van der Waals surface area contributed by atoms with Crippen molar-refractivity contribution in [3.63, 3.8) is 0 Å². The molecule has 0 aliphatic carbocycles. The van der Waals surface area contributed by atoms with Crippen molar-refractivity contribution in [2.24, 2.45) is 0 Å². The molecule has 0 saturated heterocycles. The Morgan fingerprint density at radius 3 is 2.55 bits per heavy atom. The number of hydrogen-bond donors (Lipinski definition) is 1. The molecule has 1 unspecified atom stereocenters. The number of hydrogen-bond acceptors (Lipinski definition) is 3. The highest BCUT2D eigenvalue weighted by Gasteiger charge is 2.13. The van der Waals surface area contributed by atoms with Gasteiger partial charge in [-0.15, -0.1) is 0 Å². The molecule has 2 aromatic carbocycles. The van der Waals surface area contributed by atoms with E-state index >= 15 is 0 Å². The second-order valence-electron chi connectivity index (χ2n) is 4.79. The van der Waals surface area contributed by atoms with Gasteiger partial charge in [0.15, 0.2) is 6.61 Å². The van der Waals surface area contributed by atoms with Crippen LogP contribution >= 0.6 is 22.6 Å². The smallest absolute Gasteiger partial charge is 0.338 e. The SMILES string of the molecule is CC(NC(=O)COC(=O)c1cccc(I)c1)c1ccccc1. The van der Waals surface area contributed by atoms with E-state index in [1.54, 1.807) is 18.2 Å². The molecule has 0 radical (unpaired) electrons. The average molecular weight is 409 g/mol. The number of ether oxygens (including phenoxy) is 1. The van der Waals surface area contributed by atoms with Crippen LogP contribution in [0.2, 0.25) is 0 Å². The number of benzene rings is 2. The standard InChI is InChI=1S/C17H16INO3/c1-12(13-6-3-2-4-7-13)19-16(20)11-22-17(21)14-8-5-9-15(18)10-14/h2-10,12H,11H2,1H3,(H,19,20).